The Balaban J connectivity index is 0.748. The summed E-state index contributed by atoms with van der Waals surface area (Å²) in [7, 11) is 0. The van der Waals surface area contributed by atoms with E-state index in [2.05, 4.69) is 10.6 Å². The van der Waals surface area contributed by atoms with E-state index in [0.29, 0.717) is 121 Å². The minimum absolute atomic E-state index is 0.101. The molecular formula is C65H85N11O14. The van der Waals surface area contributed by atoms with Crippen LogP contribution in [0.25, 0.3) is 0 Å². The number of nitrogens with zero attached hydrogens (tertiary/aromatic N) is 9. The van der Waals surface area contributed by atoms with Gasteiger partial charge < -0.3 is 59.5 Å². The molecule has 484 valence electrons. The molecule has 10 aliphatic rings. The monoisotopic (exact) mass is 1240 g/mol. The van der Waals surface area contributed by atoms with Crippen LogP contribution in [0.1, 0.15) is 140 Å². The number of hydrogen-bond acceptors (Lipinski definition) is 14. The second-order valence-electron chi connectivity index (χ2n) is 26.3. The Morgan fingerprint density at radius 3 is 1.17 bits per heavy atom. The number of aliphatic carboxylic acids is 1. The lowest BCUT2D eigenvalue weighted by molar-refractivity contribution is -0.156. The highest BCUT2D eigenvalue weighted by atomic mass is 16.5. The summed E-state index contributed by atoms with van der Waals surface area (Å²) in [5.74, 6) is -5.96. The van der Waals surface area contributed by atoms with Crippen LogP contribution in [0.3, 0.4) is 0 Å². The van der Waals surface area contributed by atoms with Crippen molar-refractivity contribution in [2.45, 2.75) is 195 Å². The van der Waals surface area contributed by atoms with Gasteiger partial charge in [-0.05, 0) is 115 Å². The molecule has 25 heteroatoms. The third kappa shape index (κ3) is 11.8. The average Bonchev–Trinajstić information content (AvgIpc) is 1.71. The number of nitrogens with one attached hydrogen (secondary N) is 2. The smallest absolute Gasteiger partial charge is 0.326 e. The van der Waals surface area contributed by atoms with Gasteiger partial charge in [0, 0.05) is 56.9 Å². The van der Waals surface area contributed by atoms with Crippen LogP contribution < -0.4 is 10.6 Å². The van der Waals surface area contributed by atoms with Gasteiger partial charge in [0.05, 0.1) is 19.3 Å². The summed E-state index contributed by atoms with van der Waals surface area (Å²) in [6, 6.07) is 7.61. The van der Waals surface area contributed by atoms with Crippen LogP contribution in [0, 0.1) is 5.92 Å². The van der Waals surface area contributed by atoms with Gasteiger partial charge in [-0.2, -0.15) is 0 Å². The van der Waals surface area contributed by atoms with Crippen LogP contribution in [0.2, 0.25) is 0 Å². The number of ether oxygens (including phenoxy) is 2. The zero-order valence-corrected chi connectivity index (χ0v) is 51.5. The van der Waals surface area contributed by atoms with Crippen molar-refractivity contribution in [3.05, 3.63) is 71.8 Å². The normalized spacial score (nSPS) is 30.5. The molecule has 2 aromatic carbocycles. The molecule has 0 spiro atoms. The van der Waals surface area contributed by atoms with Gasteiger partial charge in [0.2, 0.25) is 59.1 Å². The van der Waals surface area contributed by atoms with Gasteiger partial charge in [-0.15, -0.1) is 0 Å². The number of carbonyl (C=O) groups excluding carboxylic acids is 10. The molecule has 10 saturated heterocycles. The van der Waals surface area contributed by atoms with E-state index in [9.17, 15) is 38.7 Å². The fraction of sp³-hybridized carbons (Fsp3) is 0.646. The number of carboxylic acid groups (broad SMARTS) is 1. The quantitative estimate of drug-likeness (QED) is 0.229. The third-order valence-corrected chi connectivity index (χ3v) is 20.6. The van der Waals surface area contributed by atoms with E-state index in [4.69, 9.17) is 9.47 Å². The lowest BCUT2D eigenvalue weighted by atomic mass is 10.00. The minimum atomic E-state index is -1.24. The topological polar surface area (TPSA) is 280 Å². The van der Waals surface area contributed by atoms with E-state index in [0.717, 1.165) is 13.0 Å². The molecule has 3 N–H and O–H groups in total. The van der Waals surface area contributed by atoms with Crippen LogP contribution in [-0.4, -0.2) is 246 Å². The maximum absolute atomic E-state index is 15.5. The fourth-order valence-corrected chi connectivity index (χ4v) is 16.0. The van der Waals surface area contributed by atoms with Crippen molar-refractivity contribution in [2.24, 2.45) is 5.92 Å². The van der Waals surface area contributed by atoms with Gasteiger partial charge in [0.25, 0.3) is 0 Å². The van der Waals surface area contributed by atoms with Crippen LogP contribution in [-0.2, 0) is 62.2 Å². The molecular weight excluding hydrogens is 1160 g/mol. The predicted octanol–water partition coefficient (Wildman–Crippen LogP) is 1.75. The molecule has 25 nitrogen and oxygen atoms in total. The summed E-state index contributed by atoms with van der Waals surface area (Å²) < 4.78 is 12.7. The first-order chi connectivity index (χ1) is 43.5. The van der Waals surface area contributed by atoms with Crippen LogP contribution in [0.15, 0.2) is 60.7 Å². The SMILES string of the molecule is CC(C)[C@H](NC(=O)[C@@H]1CCCN1C(=O)C1COC(c2ccccc2)N1C(=O)[C@@H]1CCCN1C(=O)[C@@H]1CCCN1C(=O)[C@@H]1CCCN1)C(=O)N1C(C(=O)N2CCC[C@H]2C(=O)N2CCC[C@H]2C(=O)N2CCC[C@H]2C(=O)N2CCC[C@H]2C(=O)O)COC1c1ccccc1. The molecule has 90 heavy (non-hydrogen) atoms. The Morgan fingerprint density at radius 2 is 0.767 bits per heavy atom. The molecule has 0 radical (unpaired) electrons. The lowest BCUT2D eigenvalue weighted by Crippen LogP contribution is -2.61. The van der Waals surface area contributed by atoms with Crippen LogP contribution >= 0.6 is 0 Å². The largest absolute Gasteiger partial charge is 0.480 e. The Kier molecular flexibility index (Phi) is 18.6. The van der Waals surface area contributed by atoms with Gasteiger partial charge in [-0.3, -0.25) is 57.7 Å². The van der Waals surface area contributed by atoms with E-state index in [1.807, 2.05) is 24.3 Å². The summed E-state index contributed by atoms with van der Waals surface area (Å²) in [6.45, 7) is 5.80. The Labute approximate surface area is 524 Å². The summed E-state index contributed by atoms with van der Waals surface area (Å²) in [5, 5.41) is 16.1. The molecule has 0 aliphatic carbocycles. The zero-order chi connectivity index (χ0) is 63.1. The van der Waals surface area contributed by atoms with Gasteiger partial charge >= 0.3 is 5.97 Å². The number of carboxylic acids is 1. The highest BCUT2D eigenvalue weighted by molar-refractivity contribution is 6.00. The first-order valence-electron chi connectivity index (χ1n) is 32.9. The number of amides is 10. The van der Waals surface area contributed by atoms with Crippen LogP contribution in [0.5, 0.6) is 0 Å². The zero-order valence-electron chi connectivity index (χ0n) is 51.5. The van der Waals surface area contributed by atoms with Crippen molar-refractivity contribution in [3.63, 3.8) is 0 Å². The van der Waals surface area contributed by atoms with Gasteiger partial charge in [0.15, 0.2) is 12.5 Å². The number of rotatable bonds is 15. The first kappa shape index (κ1) is 62.7. The second-order valence-corrected chi connectivity index (χ2v) is 26.3. The lowest BCUT2D eigenvalue weighted by Gasteiger charge is -2.38. The molecule has 10 aliphatic heterocycles. The van der Waals surface area contributed by atoms with E-state index in [1.165, 1.54) is 34.3 Å². The molecule has 0 aromatic heterocycles. The Morgan fingerprint density at radius 1 is 0.422 bits per heavy atom. The number of carbonyl (C=O) groups is 11. The molecule has 13 atom stereocenters. The highest BCUT2D eigenvalue weighted by Gasteiger charge is 2.55. The Hall–Kier alpha value is -7.51. The molecule has 4 unspecified atom stereocenters. The maximum atomic E-state index is 15.5. The summed E-state index contributed by atoms with van der Waals surface area (Å²) >= 11 is 0. The molecule has 2 aromatic rings. The molecule has 0 bridgehead atoms. The molecule has 0 saturated carbocycles. The van der Waals surface area contributed by atoms with E-state index < -0.39 is 126 Å². The van der Waals surface area contributed by atoms with Crippen molar-refractivity contribution < 1.29 is 67.3 Å². The van der Waals surface area contributed by atoms with Crippen molar-refractivity contribution in [2.75, 3.05) is 65.6 Å². The number of hydrogen-bond donors (Lipinski definition) is 3. The molecule has 10 heterocycles. The van der Waals surface area contributed by atoms with Gasteiger partial charge in [0.1, 0.15) is 60.4 Å². The predicted molar refractivity (Wildman–Crippen MR) is 320 cm³/mol. The van der Waals surface area contributed by atoms with Gasteiger partial charge in [-0.1, -0.05) is 74.5 Å². The van der Waals surface area contributed by atoms with E-state index in [1.54, 1.807) is 60.0 Å². The maximum Gasteiger partial charge on any atom is 0.326 e. The molecule has 10 amide bonds. The summed E-state index contributed by atoms with van der Waals surface area (Å²) in [4.78, 5) is 173. The number of likely N-dealkylation sites (tertiary alicyclic amines) is 7. The minimum Gasteiger partial charge on any atom is -0.480 e. The summed E-state index contributed by atoms with van der Waals surface area (Å²) in [5.41, 5.74) is 1.19. The molecule has 12 rings (SSSR count). The average molecular weight is 1240 g/mol. The molecule has 10 fully saturated rings. The fourth-order valence-electron chi connectivity index (χ4n) is 16.0. The van der Waals surface area contributed by atoms with Crippen molar-refractivity contribution >= 4 is 65.0 Å². The van der Waals surface area contributed by atoms with Gasteiger partial charge in [-0.25, -0.2) is 4.79 Å². The highest BCUT2D eigenvalue weighted by Crippen LogP contribution is 2.39. The van der Waals surface area contributed by atoms with E-state index in [-0.39, 0.29) is 69.6 Å². The first-order valence-corrected chi connectivity index (χ1v) is 32.9. The summed E-state index contributed by atoms with van der Waals surface area (Å²) in [6.07, 6.45) is 5.67. The standard InChI is InChI=1S/C65H85N11O14/c1-39(2)52(67-53(77)43-22-10-30-68(43)59(83)50-37-89-63(40-17-5-3-6-18-40)75(50)61(85)48-27-15-35-73(48)55(79)44-23-11-31-69(44)54(78)42-21-9-29-66-42)62(86)76-51(38-90-64(76)41-19-7-4-8-20-41)60(84)72-34-14-25-46(72)57(81)70-32-12-24-45(70)56(80)71-33-13-26-47(71)58(82)74-36-16-28-49(74)65(87)88/h3-8,17-20,39,42-52,63-64,66H,9-16,21-38H2,1-2H3,(H,67,77)(H,87,88)/t42-,43-,44-,45-,46-,47-,48-,49-,50?,51?,52-,63?,64?/m0/s1. The van der Waals surface area contributed by atoms with Crippen LogP contribution in [0.4, 0.5) is 0 Å². The third-order valence-electron chi connectivity index (χ3n) is 20.6. The van der Waals surface area contributed by atoms with Crippen molar-refractivity contribution in [1.82, 2.24) is 54.7 Å². The number of benzene rings is 2. The van der Waals surface area contributed by atoms with E-state index >= 15 is 19.2 Å². The van der Waals surface area contributed by atoms with Crippen molar-refractivity contribution in [1.29, 1.82) is 0 Å². The second kappa shape index (κ2) is 26.7. The van der Waals surface area contributed by atoms with Crippen molar-refractivity contribution in [3.8, 4) is 0 Å². The Bertz CT molecular complexity index is 3100.